The summed E-state index contributed by atoms with van der Waals surface area (Å²) in [5, 5.41) is 0. The van der Waals surface area contributed by atoms with E-state index < -0.39 is 17.8 Å². The maximum absolute atomic E-state index is 12.8. The quantitative estimate of drug-likeness (QED) is 0.922. The molecule has 5 nitrogen and oxygen atoms in total. The van der Waals surface area contributed by atoms with E-state index in [0.29, 0.717) is 11.8 Å². The lowest BCUT2D eigenvalue weighted by atomic mass is 10.1. The minimum absolute atomic E-state index is 0.164. The Hall–Kier alpha value is -2.51. The molecule has 2 rings (SSSR count). The van der Waals surface area contributed by atoms with Gasteiger partial charge in [-0.2, -0.15) is 13.2 Å². The predicted octanol–water partition coefficient (Wildman–Crippen LogP) is 2.66. The summed E-state index contributed by atoms with van der Waals surface area (Å²) in [7, 11) is 0. The third-order valence-electron chi connectivity index (χ3n) is 2.45. The van der Waals surface area contributed by atoms with E-state index in [9.17, 15) is 18.0 Å². The Morgan fingerprint density at radius 2 is 2.05 bits per heavy atom. The van der Waals surface area contributed by atoms with Crippen LogP contribution < -0.4 is 10.5 Å². The highest BCUT2D eigenvalue weighted by atomic mass is 19.4. The summed E-state index contributed by atoms with van der Waals surface area (Å²) in [6.45, 7) is 1.70. The second-order valence-corrected chi connectivity index (χ2v) is 4.06. The SMILES string of the molecule is Cc1cn(-c2cc(OC(N)=O)cc(C(F)(F)F)c2)cn1. The van der Waals surface area contributed by atoms with Crippen LogP contribution in [0.4, 0.5) is 18.0 Å². The number of amides is 1. The summed E-state index contributed by atoms with van der Waals surface area (Å²) < 4.78 is 44.3. The third kappa shape index (κ3) is 3.08. The summed E-state index contributed by atoms with van der Waals surface area (Å²) >= 11 is 0. The van der Waals surface area contributed by atoms with Gasteiger partial charge in [0.2, 0.25) is 0 Å². The zero-order valence-electron chi connectivity index (χ0n) is 10.3. The maximum Gasteiger partial charge on any atom is 0.416 e. The standard InChI is InChI=1S/C12H10F3N3O2/c1-7-5-18(6-17-7)9-2-8(12(13,14)15)3-10(4-9)20-11(16)19/h2-6H,1H3,(H2,16,19). The minimum atomic E-state index is -4.57. The van der Waals surface area contributed by atoms with Crippen LogP contribution in [-0.4, -0.2) is 15.6 Å². The maximum atomic E-state index is 12.8. The number of halogens is 3. The fourth-order valence-corrected chi connectivity index (χ4v) is 1.63. The van der Waals surface area contributed by atoms with Gasteiger partial charge in [-0.3, -0.25) is 0 Å². The lowest BCUT2D eigenvalue weighted by molar-refractivity contribution is -0.137. The van der Waals surface area contributed by atoms with Gasteiger partial charge in [0.05, 0.1) is 23.3 Å². The minimum Gasteiger partial charge on any atom is -0.410 e. The zero-order chi connectivity index (χ0) is 14.9. The van der Waals surface area contributed by atoms with Crippen LogP contribution >= 0.6 is 0 Å². The average Bonchev–Trinajstić information content (AvgIpc) is 2.73. The molecule has 1 heterocycles. The van der Waals surface area contributed by atoms with Crippen molar-refractivity contribution in [2.24, 2.45) is 5.73 Å². The molecule has 20 heavy (non-hydrogen) atoms. The van der Waals surface area contributed by atoms with Gasteiger partial charge in [-0.25, -0.2) is 9.78 Å². The first-order valence-electron chi connectivity index (χ1n) is 5.46. The average molecular weight is 285 g/mol. The van der Waals surface area contributed by atoms with Crippen molar-refractivity contribution in [1.29, 1.82) is 0 Å². The monoisotopic (exact) mass is 285 g/mol. The van der Waals surface area contributed by atoms with E-state index in [1.165, 1.54) is 17.0 Å². The van der Waals surface area contributed by atoms with Crippen LogP contribution in [0, 0.1) is 6.92 Å². The fourth-order valence-electron chi connectivity index (χ4n) is 1.63. The van der Waals surface area contributed by atoms with Crippen LogP contribution in [0.1, 0.15) is 11.3 Å². The summed E-state index contributed by atoms with van der Waals surface area (Å²) in [5.74, 6) is -0.284. The summed E-state index contributed by atoms with van der Waals surface area (Å²) in [5.41, 5.74) is 4.67. The molecule has 0 aliphatic carbocycles. The molecule has 8 heteroatoms. The number of ether oxygens (including phenoxy) is 1. The molecule has 0 fully saturated rings. The summed E-state index contributed by atoms with van der Waals surface area (Å²) in [6.07, 6.45) is -2.85. The molecule has 0 radical (unpaired) electrons. The Balaban J connectivity index is 2.53. The number of alkyl halides is 3. The van der Waals surface area contributed by atoms with Crippen LogP contribution in [0.3, 0.4) is 0 Å². The van der Waals surface area contributed by atoms with E-state index >= 15 is 0 Å². The number of aromatic nitrogens is 2. The fraction of sp³-hybridized carbons (Fsp3) is 0.167. The number of rotatable bonds is 2. The van der Waals surface area contributed by atoms with Crippen molar-refractivity contribution in [3.63, 3.8) is 0 Å². The Morgan fingerprint density at radius 3 is 2.55 bits per heavy atom. The van der Waals surface area contributed by atoms with Gasteiger partial charge in [-0.1, -0.05) is 0 Å². The number of hydrogen-bond acceptors (Lipinski definition) is 3. The van der Waals surface area contributed by atoms with E-state index in [1.54, 1.807) is 13.1 Å². The molecule has 0 atom stereocenters. The van der Waals surface area contributed by atoms with Gasteiger partial charge >= 0.3 is 12.3 Å². The van der Waals surface area contributed by atoms with E-state index in [-0.39, 0.29) is 11.4 Å². The number of carbonyl (C=O) groups excluding carboxylic acids is 1. The van der Waals surface area contributed by atoms with Gasteiger partial charge < -0.3 is 15.0 Å². The first kappa shape index (κ1) is 13.9. The molecular formula is C12H10F3N3O2. The van der Waals surface area contributed by atoms with Gasteiger partial charge in [-0.05, 0) is 19.1 Å². The molecular weight excluding hydrogens is 275 g/mol. The van der Waals surface area contributed by atoms with Crippen LogP contribution in [0.15, 0.2) is 30.7 Å². The van der Waals surface area contributed by atoms with Crippen molar-refractivity contribution < 1.29 is 22.7 Å². The molecule has 2 aromatic rings. The Labute approximate surface area is 111 Å². The molecule has 0 spiro atoms. The number of aryl methyl sites for hydroxylation is 1. The van der Waals surface area contributed by atoms with E-state index in [4.69, 9.17) is 5.73 Å². The second-order valence-electron chi connectivity index (χ2n) is 4.06. The van der Waals surface area contributed by atoms with E-state index in [2.05, 4.69) is 9.72 Å². The molecule has 1 aromatic carbocycles. The third-order valence-corrected chi connectivity index (χ3v) is 2.45. The first-order chi connectivity index (χ1) is 9.25. The molecule has 2 N–H and O–H groups in total. The van der Waals surface area contributed by atoms with Gasteiger partial charge in [0, 0.05) is 12.3 Å². The number of imidazole rings is 1. The summed E-state index contributed by atoms with van der Waals surface area (Å²) in [4.78, 5) is 14.6. The second kappa shape index (κ2) is 4.87. The lowest BCUT2D eigenvalue weighted by Gasteiger charge is -2.12. The Kier molecular flexibility index (Phi) is 3.39. The normalized spacial score (nSPS) is 11.4. The van der Waals surface area contributed by atoms with Crippen LogP contribution in [0.5, 0.6) is 5.75 Å². The zero-order valence-corrected chi connectivity index (χ0v) is 10.3. The van der Waals surface area contributed by atoms with Crippen molar-refractivity contribution in [1.82, 2.24) is 9.55 Å². The van der Waals surface area contributed by atoms with E-state index in [0.717, 1.165) is 6.07 Å². The van der Waals surface area contributed by atoms with Crippen LogP contribution in [0.2, 0.25) is 0 Å². The van der Waals surface area contributed by atoms with Crippen molar-refractivity contribution in [3.05, 3.63) is 42.0 Å². The molecule has 0 aliphatic rings. The van der Waals surface area contributed by atoms with Gasteiger partial charge in [0.25, 0.3) is 0 Å². The smallest absolute Gasteiger partial charge is 0.410 e. The van der Waals surface area contributed by atoms with E-state index in [1.807, 2.05) is 0 Å². The highest BCUT2D eigenvalue weighted by molar-refractivity contribution is 5.68. The lowest BCUT2D eigenvalue weighted by Crippen LogP contribution is -2.17. The molecule has 106 valence electrons. The van der Waals surface area contributed by atoms with Gasteiger partial charge in [-0.15, -0.1) is 0 Å². The summed E-state index contributed by atoms with van der Waals surface area (Å²) in [6, 6.07) is 2.90. The largest absolute Gasteiger partial charge is 0.416 e. The number of nitrogens with two attached hydrogens (primary N) is 1. The number of hydrogen-bond donors (Lipinski definition) is 1. The topological polar surface area (TPSA) is 70.1 Å². The van der Waals surface area contributed by atoms with Crippen LogP contribution in [0.25, 0.3) is 5.69 Å². The molecule has 0 aliphatic heterocycles. The van der Waals surface area contributed by atoms with Crippen molar-refractivity contribution in [3.8, 4) is 11.4 Å². The number of benzene rings is 1. The van der Waals surface area contributed by atoms with Crippen molar-refractivity contribution in [2.75, 3.05) is 0 Å². The number of carbonyl (C=O) groups is 1. The molecule has 0 saturated carbocycles. The predicted molar refractivity (Wildman–Crippen MR) is 63.5 cm³/mol. The molecule has 0 unspecified atom stereocenters. The Bertz CT molecular complexity index is 650. The van der Waals surface area contributed by atoms with Crippen molar-refractivity contribution in [2.45, 2.75) is 13.1 Å². The Morgan fingerprint density at radius 1 is 1.35 bits per heavy atom. The molecule has 1 amide bonds. The van der Waals surface area contributed by atoms with Crippen molar-refractivity contribution >= 4 is 6.09 Å². The number of primary amides is 1. The van der Waals surface area contributed by atoms with Gasteiger partial charge in [0.1, 0.15) is 5.75 Å². The highest BCUT2D eigenvalue weighted by Crippen LogP contribution is 2.33. The molecule has 0 saturated heterocycles. The highest BCUT2D eigenvalue weighted by Gasteiger charge is 2.31. The van der Waals surface area contributed by atoms with Gasteiger partial charge in [0.15, 0.2) is 0 Å². The van der Waals surface area contributed by atoms with Crippen LogP contribution in [-0.2, 0) is 6.18 Å². The number of nitrogens with zero attached hydrogens (tertiary/aromatic N) is 2. The molecule has 1 aromatic heterocycles. The first-order valence-corrected chi connectivity index (χ1v) is 5.46. The molecule has 0 bridgehead atoms.